The maximum Gasteiger partial charge on any atom is 0.306 e. The van der Waals surface area contributed by atoms with Crippen molar-refractivity contribution in [3.63, 3.8) is 0 Å². The first kappa shape index (κ1) is 10.5. The van der Waals surface area contributed by atoms with Crippen LogP contribution in [0.2, 0.25) is 0 Å². The summed E-state index contributed by atoms with van der Waals surface area (Å²) in [5.74, 6) is -0.200. The average Bonchev–Trinajstić information content (AvgIpc) is 2.04. The normalized spacial score (nSPS) is 30.8. The van der Waals surface area contributed by atoms with Crippen LogP contribution in [0, 0.1) is 11.8 Å². The van der Waals surface area contributed by atoms with Gasteiger partial charge in [-0.3, -0.25) is 4.79 Å². The van der Waals surface area contributed by atoms with Crippen molar-refractivity contribution in [1.29, 1.82) is 0 Å². The fourth-order valence-electron chi connectivity index (χ4n) is 2.12. The van der Waals surface area contributed by atoms with Crippen molar-refractivity contribution in [3.05, 3.63) is 0 Å². The summed E-state index contributed by atoms with van der Waals surface area (Å²) in [6, 6.07) is 0.440. The summed E-state index contributed by atoms with van der Waals surface area (Å²) in [7, 11) is 2.09. The van der Waals surface area contributed by atoms with Gasteiger partial charge in [-0.05, 0) is 32.4 Å². The van der Waals surface area contributed by atoms with Crippen molar-refractivity contribution in [2.75, 3.05) is 13.6 Å². The number of likely N-dealkylation sites (tertiary alicyclic amines) is 1. The zero-order chi connectivity index (χ0) is 10.0. The molecule has 1 fully saturated rings. The summed E-state index contributed by atoms with van der Waals surface area (Å²) >= 11 is 0. The van der Waals surface area contributed by atoms with Crippen LogP contribution in [0.3, 0.4) is 0 Å². The highest BCUT2D eigenvalue weighted by molar-refractivity contribution is 5.70. The summed E-state index contributed by atoms with van der Waals surface area (Å²) < 4.78 is 0. The Bertz CT molecular complexity index is 191. The Hall–Kier alpha value is -0.570. The zero-order valence-corrected chi connectivity index (χ0v) is 8.66. The Balaban J connectivity index is 2.58. The molecule has 0 saturated carbocycles. The number of carbonyl (C=O) groups is 1. The summed E-state index contributed by atoms with van der Waals surface area (Å²) in [5.41, 5.74) is 0. The molecule has 0 aromatic carbocycles. The quantitative estimate of drug-likeness (QED) is 0.707. The smallest absolute Gasteiger partial charge is 0.306 e. The van der Waals surface area contributed by atoms with Crippen LogP contribution in [-0.2, 0) is 4.79 Å². The van der Waals surface area contributed by atoms with E-state index < -0.39 is 5.97 Å². The van der Waals surface area contributed by atoms with Crippen LogP contribution in [0.15, 0.2) is 0 Å². The molecule has 3 heteroatoms. The van der Waals surface area contributed by atoms with Crippen molar-refractivity contribution in [2.45, 2.75) is 32.7 Å². The van der Waals surface area contributed by atoms with Gasteiger partial charge in [-0.15, -0.1) is 0 Å². The SMILES string of the molecule is CC(C)C1CC(C(=O)O)CCN1C. The molecule has 3 nitrogen and oxygen atoms in total. The molecular weight excluding hydrogens is 166 g/mol. The number of hydrogen-bond donors (Lipinski definition) is 1. The number of piperidine rings is 1. The molecule has 1 aliphatic heterocycles. The second-order valence-electron chi connectivity index (χ2n) is 4.35. The molecule has 0 aliphatic carbocycles. The molecule has 0 spiro atoms. The van der Waals surface area contributed by atoms with Crippen LogP contribution in [0.25, 0.3) is 0 Å². The van der Waals surface area contributed by atoms with Gasteiger partial charge in [0.2, 0.25) is 0 Å². The Labute approximate surface area is 79.7 Å². The Morgan fingerprint density at radius 1 is 1.54 bits per heavy atom. The maximum atomic E-state index is 10.8. The van der Waals surface area contributed by atoms with Crippen molar-refractivity contribution < 1.29 is 9.90 Å². The summed E-state index contributed by atoms with van der Waals surface area (Å²) in [4.78, 5) is 13.1. The highest BCUT2D eigenvalue weighted by atomic mass is 16.4. The molecule has 2 unspecified atom stereocenters. The third kappa shape index (κ3) is 2.44. The number of carboxylic acids is 1. The van der Waals surface area contributed by atoms with E-state index in [-0.39, 0.29) is 5.92 Å². The lowest BCUT2D eigenvalue weighted by atomic mass is 9.86. The molecule has 0 aromatic rings. The van der Waals surface area contributed by atoms with Crippen LogP contribution < -0.4 is 0 Å². The van der Waals surface area contributed by atoms with E-state index in [1.54, 1.807) is 0 Å². The van der Waals surface area contributed by atoms with Gasteiger partial charge in [0.1, 0.15) is 0 Å². The molecule has 76 valence electrons. The summed E-state index contributed by atoms with van der Waals surface area (Å²) in [6.07, 6.45) is 1.61. The number of nitrogens with zero attached hydrogens (tertiary/aromatic N) is 1. The Kier molecular flexibility index (Phi) is 3.31. The molecule has 0 amide bonds. The molecule has 2 atom stereocenters. The van der Waals surface area contributed by atoms with E-state index >= 15 is 0 Å². The molecule has 1 saturated heterocycles. The second-order valence-corrected chi connectivity index (χ2v) is 4.35. The van der Waals surface area contributed by atoms with Crippen molar-refractivity contribution in [3.8, 4) is 0 Å². The number of carboxylic acid groups (broad SMARTS) is 1. The third-order valence-electron chi connectivity index (χ3n) is 3.04. The molecule has 13 heavy (non-hydrogen) atoms. The zero-order valence-electron chi connectivity index (χ0n) is 8.66. The Morgan fingerprint density at radius 2 is 2.15 bits per heavy atom. The van der Waals surface area contributed by atoms with E-state index in [1.807, 2.05) is 0 Å². The first-order valence-electron chi connectivity index (χ1n) is 4.95. The van der Waals surface area contributed by atoms with Crippen LogP contribution in [0.1, 0.15) is 26.7 Å². The molecule has 0 radical (unpaired) electrons. The minimum Gasteiger partial charge on any atom is -0.481 e. The van der Waals surface area contributed by atoms with E-state index in [1.165, 1.54) is 0 Å². The first-order chi connectivity index (χ1) is 6.02. The lowest BCUT2D eigenvalue weighted by Crippen LogP contribution is -2.44. The predicted molar refractivity (Wildman–Crippen MR) is 51.6 cm³/mol. The van der Waals surface area contributed by atoms with E-state index in [0.717, 1.165) is 19.4 Å². The predicted octanol–water partition coefficient (Wildman–Crippen LogP) is 1.44. The highest BCUT2D eigenvalue weighted by Gasteiger charge is 2.31. The van der Waals surface area contributed by atoms with Crippen molar-refractivity contribution in [2.24, 2.45) is 11.8 Å². The monoisotopic (exact) mass is 185 g/mol. The van der Waals surface area contributed by atoms with Crippen LogP contribution in [0.4, 0.5) is 0 Å². The van der Waals surface area contributed by atoms with Gasteiger partial charge in [0.15, 0.2) is 0 Å². The highest BCUT2D eigenvalue weighted by Crippen LogP contribution is 2.26. The minimum atomic E-state index is -0.626. The largest absolute Gasteiger partial charge is 0.481 e. The van der Waals surface area contributed by atoms with E-state index in [4.69, 9.17) is 5.11 Å². The van der Waals surface area contributed by atoms with Gasteiger partial charge in [0, 0.05) is 6.04 Å². The molecule has 1 N–H and O–H groups in total. The number of aliphatic carboxylic acids is 1. The van der Waals surface area contributed by atoms with Gasteiger partial charge in [0.25, 0.3) is 0 Å². The molecule has 1 heterocycles. The first-order valence-corrected chi connectivity index (χ1v) is 4.95. The molecule has 1 aliphatic rings. The van der Waals surface area contributed by atoms with Crippen molar-refractivity contribution in [1.82, 2.24) is 4.90 Å². The van der Waals surface area contributed by atoms with Gasteiger partial charge in [-0.1, -0.05) is 13.8 Å². The standard InChI is InChI=1S/C10H19NO2/c1-7(2)9-6-8(10(12)13)4-5-11(9)3/h7-9H,4-6H2,1-3H3,(H,12,13). The van der Waals surface area contributed by atoms with Gasteiger partial charge < -0.3 is 10.0 Å². The lowest BCUT2D eigenvalue weighted by Gasteiger charge is -2.38. The number of rotatable bonds is 2. The Morgan fingerprint density at radius 3 is 2.62 bits per heavy atom. The molecule has 0 bridgehead atoms. The molecule has 0 aromatic heterocycles. The van der Waals surface area contributed by atoms with E-state index in [0.29, 0.717) is 12.0 Å². The van der Waals surface area contributed by atoms with Crippen LogP contribution in [-0.4, -0.2) is 35.6 Å². The lowest BCUT2D eigenvalue weighted by molar-refractivity contribution is -0.144. The minimum absolute atomic E-state index is 0.122. The fraction of sp³-hybridized carbons (Fsp3) is 0.900. The number of hydrogen-bond acceptors (Lipinski definition) is 2. The van der Waals surface area contributed by atoms with Gasteiger partial charge in [-0.2, -0.15) is 0 Å². The van der Waals surface area contributed by atoms with E-state index in [2.05, 4.69) is 25.8 Å². The van der Waals surface area contributed by atoms with Crippen molar-refractivity contribution >= 4 is 5.97 Å². The third-order valence-corrected chi connectivity index (χ3v) is 3.04. The second kappa shape index (κ2) is 4.09. The molecular formula is C10H19NO2. The molecule has 1 rings (SSSR count). The van der Waals surface area contributed by atoms with Gasteiger partial charge in [0.05, 0.1) is 5.92 Å². The van der Waals surface area contributed by atoms with Crippen LogP contribution in [0.5, 0.6) is 0 Å². The summed E-state index contributed by atoms with van der Waals surface area (Å²) in [5, 5.41) is 8.91. The topological polar surface area (TPSA) is 40.5 Å². The van der Waals surface area contributed by atoms with Gasteiger partial charge in [-0.25, -0.2) is 0 Å². The van der Waals surface area contributed by atoms with E-state index in [9.17, 15) is 4.79 Å². The summed E-state index contributed by atoms with van der Waals surface area (Å²) in [6.45, 7) is 5.23. The average molecular weight is 185 g/mol. The van der Waals surface area contributed by atoms with Crippen LogP contribution >= 0.6 is 0 Å². The maximum absolute atomic E-state index is 10.8. The fourth-order valence-corrected chi connectivity index (χ4v) is 2.12. The van der Waals surface area contributed by atoms with Gasteiger partial charge >= 0.3 is 5.97 Å².